The van der Waals surface area contributed by atoms with Crippen LogP contribution in [0.5, 0.6) is 0 Å². The topological polar surface area (TPSA) is 24.9 Å². The van der Waals surface area contributed by atoms with Crippen molar-refractivity contribution in [2.75, 3.05) is 5.32 Å². The van der Waals surface area contributed by atoms with Gasteiger partial charge < -0.3 is 5.32 Å². The van der Waals surface area contributed by atoms with Crippen LogP contribution in [-0.2, 0) is 0 Å². The normalized spacial score (nSPS) is 10.7. The summed E-state index contributed by atoms with van der Waals surface area (Å²) in [6.07, 6.45) is 0. The minimum atomic E-state index is -0.651. The second kappa shape index (κ2) is 5.81. The van der Waals surface area contributed by atoms with Gasteiger partial charge in [0, 0.05) is 22.7 Å². The van der Waals surface area contributed by atoms with Crippen LogP contribution in [0.4, 0.5) is 24.0 Å². The van der Waals surface area contributed by atoms with Gasteiger partial charge in [-0.05, 0) is 42.8 Å². The lowest BCUT2D eigenvalue weighted by Gasteiger charge is -2.03. The highest BCUT2D eigenvalue weighted by molar-refractivity contribution is 7.14. The summed E-state index contributed by atoms with van der Waals surface area (Å²) in [4.78, 5) is 4.28. The maximum absolute atomic E-state index is 13.9. The zero-order valence-corrected chi connectivity index (χ0v) is 12.3. The molecule has 0 amide bonds. The Balaban J connectivity index is 1.87. The van der Waals surface area contributed by atoms with E-state index in [4.69, 9.17) is 0 Å². The molecule has 2 aromatic carbocycles. The van der Waals surface area contributed by atoms with Crippen LogP contribution in [0.15, 0.2) is 41.8 Å². The standard InChI is InChI=1S/C16H11F3N2S/c1-9-6-12(14(19)7-13(9)18)15-8-22-16(21-15)20-11-4-2-10(17)3-5-11/h2-8H,1H3,(H,20,21). The minimum absolute atomic E-state index is 0.252. The molecule has 112 valence electrons. The molecule has 0 radical (unpaired) electrons. The Morgan fingerprint density at radius 2 is 1.73 bits per heavy atom. The van der Waals surface area contributed by atoms with Gasteiger partial charge >= 0.3 is 0 Å². The molecule has 0 aliphatic heterocycles. The average molecular weight is 320 g/mol. The SMILES string of the molecule is Cc1cc(-c2csc(Nc3ccc(F)cc3)n2)c(F)cc1F. The fraction of sp³-hybridized carbons (Fsp3) is 0.0625. The van der Waals surface area contributed by atoms with Crippen LogP contribution in [-0.4, -0.2) is 4.98 Å². The summed E-state index contributed by atoms with van der Waals surface area (Å²) in [5.74, 6) is -1.56. The van der Waals surface area contributed by atoms with Crippen LogP contribution in [0.1, 0.15) is 5.56 Å². The Labute approximate surface area is 129 Å². The Kier molecular flexibility index (Phi) is 3.85. The average Bonchev–Trinajstić information content (AvgIpc) is 2.93. The molecule has 6 heteroatoms. The van der Waals surface area contributed by atoms with E-state index in [2.05, 4.69) is 10.3 Å². The molecule has 0 spiro atoms. The number of rotatable bonds is 3. The summed E-state index contributed by atoms with van der Waals surface area (Å²) in [5.41, 5.74) is 1.72. The second-order valence-electron chi connectivity index (χ2n) is 4.75. The van der Waals surface area contributed by atoms with Gasteiger partial charge in [0.25, 0.3) is 0 Å². The maximum Gasteiger partial charge on any atom is 0.187 e. The van der Waals surface area contributed by atoms with Crippen molar-refractivity contribution in [3.8, 4) is 11.3 Å². The summed E-state index contributed by atoms with van der Waals surface area (Å²) < 4.78 is 40.0. The van der Waals surface area contributed by atoms with E-state index >= 15 is 0 Å². The molecular formula is C16H11F3N2S. The van der Waals surface area contributed by atoms with Crippen molar-refractivity contribution in [1.82, 2.24) is 4.98 Å². The number of hydrogen-bond donors (Lipinski definition) is 1. The molecule has 1 N–H and O–H groups in total. The van der Waals surface area contributed by atoms with Crippen molar-refractivity contribution in [2.45, 2.75) is 6.92 Å². The lowest BCUT2D eigenvalue weighted by molar-refractivity contribution is 0.579. The van der Waals surface area contributed by atoms with Gasteiger partial charge in [-0.1, -0.05) is 0 Å². The quantitative estimate of drug-likeness (QED) is 0.710. The van der Waals surface area contributed by atoms with Crippen LogP contribution in [0.25, 0.3) is 11.3 Å². The third-order valence-corrected chi connectivity index (χ3v) is 3.88. The van der Waals surface area contributed by atoms with Gasteiger partial charge in [-0.3, -0.25) is 0 Å². The van der Waals surface area contributed by atoms with Gasteiger partial charge in [-0.15, -0.1) is 11.3 Å². The lowest BCUT2D eigenvalue weighted by atomic mass is 10.1. The smallest absolute Gasteiger partial charge is 0.187 e. The summed E-state index contributed by atoms with van der Waals surface area (Å²) >= 11 is 1.29. The second-order valence-corrected chi connectivity index (χ2v) is 5.61. The summed E-state index contributed by atoms with van der Waals surface area (Å²) in [5, 5.41) is 5.24. The summed E-state index contributed by atoms with van der Waals surface area (Å²) in [6, 6.07) is 8.12. The van der Waals surface area contributed by atoms with E-state index in [1.807, 2.05) is 0 Å². The van der Waals surface area contributed by atoms with Crippen LogP contribution >= 0.6 is 11.3 Å². The first-order valence-electron chi connectivity index (χ1n) is 6.47. The first kappa shape index (κ1) is 14.6. The molecule has 0 aliphatic rings. The van der Waals surface area contributed by atoms with Crippen molar-refractivity contribution in [1.29, 1.82) is 0 Å². The van der Waals surface area contributed by atoms with E-state index in [1.54, 1.807) is 24.4 Å². The number of anilines is 2. The zero-order chi connectivity index (χ0) is 15.7. The van der Waals surface area contributed by atoms with E-state index in [-0.39, 0.29) is 11.4 Å². The van der Waals surface area contributed by atoms with Gasteiger partial charge in [0.1, 0.15) is 17.5 Å². The number of nitrogens with one attached hydrogen (secondary N) is 1. The third kappa shape index (κ3) is 2.96. The van der Waals surface area contributed by atoms with Crippen molar-refractivity contribution in [3.05, 3.63) is 64.8 Å². The van der Waals surface area contributed by atoms with Gasteiger partial charge in [-0.2, -0.15) is 0 Å². The molecule has 0 atom stereocenters. The molecule has 22 heavy (non-hydrogen) atoms. The van der Waals surface area contributed by atoms with Crippen LogP contribution in [0, 0.1) is 24.4 Å². The zero-order valence-electron chi connectivity index (χ0n) is 11.5. The monoisotopic (exact) mass is 320 g/mol. The van der Waals surface area contributed by atoms with E-state index in [0.717, 1.165) is 6.07 Å². The van der Waals surface area contributed by atoms with Gasteiger partial charge in [0.2, 0.25) is 0 Å². The number of benzene rings is 2. The highest BCUT2D eigenvalue weighted by Crippen LogP contribution is 2.30. The fourth-order valence-corrected chi connectivity index (χ4v) is 2.70. The Hall–Kier alpha value is -2.34. The van der Waals surface area contributed by atoms with Crippen LogP contribution in [0.2, 0.25) is 0 Å². The molecule has 0 saturated carbocycles. The third-order valence-electron chi connectivity index (χ3n) is 3.12. The van der Waals surface area contributed by atoms with Crippen molar-refractivity contribution in [2.24, 2.45) is 0 Å². The first-order chi connectivity index (χ1) is 10.5. The number of aromatic nitrogens is 1. The van der Waals surface area contributed by atoms with Gasteiger partial charge in [0.15, 0.2) is 5.13 Å². The predicted molar refractivity (Wildman–Crippen MR) is 81.9 cm³/mol. The van der Waals surface area contributed by atoms with Crippen LogP contribution in [0.3, 0.4) is 0 Å². The number of halogens is 3. The van der Waals surface area contributed by atoms with Crippen molar-refractivity contribution in [3.63, 3.8) is 0 Å². The van der Waals surface area contributed by atoms with Crippen molar-refractivity contribution < 1.29 is 13.2 Å². The highest BCUT2D eigenvalue weighted by atomic mass is 32.1. The summed E-state index contributed by atoms with van der Waals surface area (Å²) in [6.45, 7) is 1.57. The molecule has 0 aliphatic carbocycles. The Bertz CT molecular complexity index is 813. The molecule has 0 bridgehead atoms. The highest BCUT2D eigenvalue weighted by Gasteiger charge is 2.12. The molecule has 0 saturated heterocycles. The molecule has 0 unspecified atom stereocenters. The lowest BCUT2D eigenvalue weighted by Crippen LogP contribution is -1.92. The van der Waals surface area contributed by atoms with E-state index in [9.17, 15) is 13.2 Å². The Morgan fingerprint density at radius 1 is 1.00 bits per heavy atom. The largest absolute Gasteiger partial charge is 0.332 e. The molecule has 2 nitrogen and oxygen atoms in total. The molecule has 1 aromatic heterocycles. The van der Waals surface area contributed by atoms with E-state index in [1.165, 1.54) is 29.5 Å². The molecule has 0 fully saturated rings. The van der Waals surface area contributed by atoms with E-state index < -0.39 is 11.6 Å². The van der Waals surface area contributed by atoms with Gasteiger partial charge in [-0.25, -0.2) is 18.2 Å². The molecule has 3 rings (SSSR count). The molecular weight excluding hydrogens is 309 g/mol. The van der Waals surface area contributed by atoms with E-state index in [0.29, 0.717) is 22.1 Å². The number of nitrogens with zero attached hydrogens (tertiary/aromatic N) is 1. The first-order valence-corrected chi connectivity index (χ1v) is 7.35. The fourth-order valence-electron chi connectivity index (χ4n) is 1.97. The maximum atomic E-state index is 13.9. The number of thiazole rings is 1. The number of hydrogen-bond acceptors (Lipinski definition) is 3. The Morgan fingerprint density at radius 3 is 2.45 bits per heavy atom. The summed E-state index contributed by atoms with van der Waals surface area (Å²) in [7, 11) is 0. The molecule has 1 heterocycles. The van der Waals surface area contributed by atoms with Crippen molar-refractivity contribution >= 4 is 22.2 Å². The molecule has 3 aromatic rings. The predicted octanol–water partition coefficient (Wildman–Crippen LogP) is 5.28. The minimum Gasteiger partial charge on any atom is -0.332 e. The van der Waals surface area contributed by atoms with Gasteiger partial charge in [0.05, 0.1) is 5.69 Å². The number of aryl methyl sites for hydroxylation is 1. The van der Waals surface area contributed by atoms with Crippen LogP contribution < -0.4 is 5.32 Å².